The number of hydrogen-bond donors (Lipinski definition) is 3. The first-order valence-corrected chi connectivity index (χ1v) is 13.9. The summed E-state index contributed by atoms with van der Waals surface area (Å²) in [6, 6.07) is 16.4. The van der Waals surface area contributed by atoms with Gasteiger partial charge in [0.2, 0.25) is 5.91 Å². The number of nitrogens with zero attached hydrogens (tertiary/aromatic N) is 3. The number of aliphatic hydroxyl groups is 1. The van der Waals surface area contributed by atoms with Crippen molar-refractivity contribution in [3.05, 3.63) is 78.1 Å². The molecule has 0 radical (unpaired) electrons. The first-order valence-electron chi connectivity index (χ1n) is 13.9. The van der Waals surface area contributed by atoms with Gasteiger partial charge in [0, 0.05) is 69.1 Å². The Bertz CT molecular complexity index is 1540. The van der Waals surface area contributed by atoms with Crippen LogP contribution in [-0.4, -0.2) is 78.5 Å². The number of amides is 2. The number of hydrogen-bond acceptors (Lipinski definition) is 8. The summed E-state index contributed by atoms with van der Waals surface area (Å²) < 4.78 is 19.2. The molecule has 220 valence electrons. The lowest BCUT2D eigenvalue weighted by atomic mass is 9.88. The van der Waals surface area contributed by atoms with Crippen molar-refractivity contribution in [2.45, 2.75) is 18.8 Å². The van der Waals surface area contributed by atoms with Gasteiger partial charge in [-0.25, -0.2) is 4.98 Å². The van der Waals surface area contributed by atoms with Crippen LogP contribution in [-0.2, 0) is 9.53 Å². The average Bonchev–Trinajstić information content (AvgIpc) is 3.40. The summed E-state index contributed by atoms with van der Waals surface area (Å²) in [5.41, 5.74) is 5.53. The van der Waals surface area contributed by atoms with Crippen LogP contribution in [0.1, 0.15) is 34.7 Å². The number of fused-ring (bicyclic) bond motifs is 1. The Hall–Kier alpha value is -4.61. The van der Waals surface area contributed by atoms with Gasteiger partial charge in [0.15, 0.2) is 11.5 Å². The number of rotatable bonds is 12. The topological polar surface area (TPSA) is 127 Å². The van der Waals surface area contributed by atoms with Gasteiger partial charge in [0.05, 0.1) is 18.7 Å². The molecule has 5 rings (SSSR count). The number of aromatic nitrogens is 2. The standard InChI is InChI=1S/C31H35N5O6/c1-32-36-12-9-24-17-28(27(20-26(24)36)41-16-15-40-2)42-25-7-10-33-29(19-25)34-31(39)22-5-3-21(4-6-22)23-8-11-35(13-14-37)30(38)18-23/h3-7,9-10,12,17,19-20,23,32,37H,8,11,13-16,18H2,1-2H3,(H,33,34,39). The number of β-amino-alcohol motifs (C(OH)–C–C–N with tert-alkyl or cyclic N) is 1. The molecule has 2 aromatic heterocycles. The van der Waals surface area contributed by atoms with Crippen molar-refractivity contribution in [2.75, 3.05) is 57.8 Å². The molecule has 3 heterocycles. The first-order chi connectivity index (χ1) is 20.5. The third kappa shape index (κ3) is 6.64. The molecule has 1 unspecified atom stereocenters. The van der Waals surface area contributed by atoms with E-state index >= 15 is 0 Å². The molecule has 2 amide bonds. The second-order valence-corrected chi connectivity index (χ2v) is 9.96. The molecule has 1 aliphatic rings. The summed E-state index contributed by atoms with van der Waals surface area (Å²) in [5.74, 6) is 1.73. The van der Waals surface area contributed by atoms with Crippen molar-refractivity contribution < 1.29 is 28.9 Å². The number of aliphatic hydroxyl groups excluding tert-OH is 1. The fourth-order valence-corrected chi connectivity index (χ4v) is 5.05. The molecule has 1 atom stereocenters. The van der Waals surface area contributed by atoms with Crippen molar-refractivity contribution in [3.8, 4) is 17.2 Å². The van der Waals surface area contributed by atoms with E-state index in [0.717, 1.165) is 22.9 Å². The zero-order valence-electron chi connectivity index (χ0n) is 23.7. The summed E-state index contributed by atoms with van der Waals surface area (Å²) in [7, 11) is 3.45. The number of likely N-dealkylation sites (tertiary alicyclic amines) is 1. The number of pyridine rings is 1. The summed E-state index contributed by atoms with van der Waals surface area (Å²) in [4.78, 5) is 31.3. The van der Waals surface area contributed by atoms with Crippen molar-refractivity contribution in [1.29, 1.82) is 0 Å². The molecule has 11 nitrogen and oxygen atoms in total. The highest BCUT2D eigenvalue weighted by Gasteiger charge is 2.26. The molecule has 1 aliphatic heterocycles. The van der Waals surface area contributed by atoms with Gasteiger partial charge in [0.25, 0.3) is 5.91 Å². The second kappa shape index (κ2) is 13.4. The van der Waals surface area contributed by atoms with Gasteiger partial charge >= 0.3 is 0 Å². The SMILES string of the molecule is CNn1ccc2cc(Oc3ccnc(NC(=O)c4ccc(C5CCN(CCO)C(=O)C5)cc4)c3)c(OCCOC)cc21. The monoisotopic (exact) mass is 573 g/mol. The first kappa shape index (κ1) is 28.9. The van der Waals surface area contributed by atoms with Crippen LogP contribution in [0.5, 0.6) is 17.2 Å². The van der Waals surface area contributed by atoms with Crippen LogP contribution in [0.2, 0.25) is 0 Å². The summed E-state index contributed by atoms with van der Waals surface area (Å²) >= 11 is 0. The van der Waals surface area contributed by atoms with E-state index < -0.39 is 0 Å². The van der Waals surface area contributed by atoms with Crippen LogP contribution in [0.3, 0.4) is 0 Å². The minimum Gasteiger partial charge on any atom is -0.487 e. The number of carbonyl (C=O) groups excluding carboxylic acids is 2. The van der Waals surface area contributed by atoms with Crippen LogP contribution >= 0.6 is 0 Å². The highest BCUT2D eigenvalue weighted by molar-refractivity contribution is 6.03. The normalized spacial score (nSPS) is 15.1. The molecule has 1 saturated heterocycles. The number of ether oxygens (including phenoxy) is 3. The lowest BCUT2D eigenvalue weighted by molar-refractivity contribution is -0.134. The van der Waals surface area contributed by atoms with Crippen LogP contribution < -0.4 is 20.2 Å². The Balaban J connectivity index is 1.26. The Labute approximate surface area is 244 Å². The molecule has 0 spiro atoms. The second-order valence-electron chi connectivity index (χ2n) is 9.96. The van der Waals surface area contributed by atoms with Gasteiger partial charge in [0.1, 0.15) is 18.2 Å². The molecule has 1 fully saturated rings. The molecule has 0 aliphatic carbocycles. The highest BCUT2D eigenvalue weighted by Crippen LogP contribution is 2.36. The predicted molar refractivity (Wildman–Crippen MR) is 159 cm³/mol. The van der Waals surface area contributed by atoms with E-state index in [9.17, 15) is 9.59 Å². The van der Waals surface area contributed by atoms with Crippen molar-refractivity contribution in [2.24, 2.45) is 0 Å². The van der Waals surface area contributed by atoms with Gasteiger partial charge in [-0.15, -0.1) is 0 Å². The van der Waals surface area contributed by atoms with Crippen LogP contribution in [0.4, 0.5) is 5.82 Å². The van der Waals surface area contributed by atoms with Gasteiger partial charge < -0.3 is 35.0 Å². The third-order valence-corrected chi connectivity index (χ3v) is 7.28. The maximum absolute atomic E-state index is 13.0. The molecule has 4 aromatic rings. The third-order valence-electron chi connectivity index (χ3n) is 7.28. The molecule has 0 saturated carbocycles. The lowest BCUT2D eigenvalue weighted by Gasteiger charge is -2.31. The van der Waals surface area contributed by atoms with Crippen LogP contribution in [0.15, 0.2) is 67.0 Å². The molecule has 0 bridgehead atoms. The van der Waals surface area contributed by atoms with E-state index in [-0.39, 0.29) is 24.3 Å². The highest BCUT2D eigenvalue weighted by atomic mass is 16.5. The lowest BCUT2D eigenvalue weighted by Crippen LogP contribution is -2.39. The average molecular weight is 574 g/mol. The molecule has 11 heteroatoms. The number of nitrogens with one attached hydrogen (secondary N) is 2. The number of anilines is 1. The molecular weight excluding hydrogens is 538 g/mol. The van der Waals surface area contributed by atoms with E-state index in [1.165, 1.54) is 0 Å². The number of carbonyl (C=O) groups is 2. The largest absolute Gasteiger partial charge is 0.487 e. The number of methoxy groups -OCH3 is 1. The summed E-state index contributed by atoms with van der Waals surface area (Å²) in [6.45, 7) is 1.74. The van der Waals surface area contributed by atoms with E-state index in [0.29, 0.717) is 61.4 Å². The number of benzene rings is 2. The Morgan fingerprint density at radius 2 is 1.93 bits per heavy atom. The van der Waals surface area contributed by atoms with E-state index in [1.54, 1.807) is 42.5 Å². The fourth-order valence-electron chi connectivity index (χ4n) is 5.05. The van der Waals surface area contributed by atoms with Gasteiger partial charge in [-0.3, -0.25) is 14.3 Å². The van der Waals surface area contributed by atoms with E-state index in [4.69, 9.17) is 19.3 Å². The minimum absolute atomic E-state index is 0.0319. The molecule has 2 aromatic carbocycles. The minimum atomic E-state index is -0.307. The van der Waals surface area contributed by atoms with Crippen LogP contribution in [0, 0.1) is 0 Å². The fraction of sp³-hybridized carbons (Fsp3) is 0.323. The Morgan fingerprint density at radius 3 is 2.67 bits per heavy atom. The summed E-state index contributed by atoms with van der Waals surface area (Å²) in [5, 5.41) is 12.9. The Kier molecular flexibility index (Phi) is 9.20. The van der Waals surface area contributed by atoms with Gasteiger partial charge in [-0.2, -0.15) is 0 Å². The zero-order chi connectivity index (χ0) is 29.5. The molecule has 3 N–H and O–H groups in total. The zero-order valence-corrected chi connectivity index (χ0v) is 23.7. The van der Waals surface area contributed by atoms with Crippen molar-refractivity contribution >= 4 is 28.5 Å². The maximum atomic E-state index is 13.0. The van der Waals surface area contributed by atoms with E-state index in [1.807, 2.05) is 48.3 Å². The summed E-state index contributed by atoms with van der Waals surface area (Å²) in [6.07, 6.45) is 4.70. The van der Waals surface area contributed by atoms with Gasteiger partial charge in [-0.1, -0.05) is 12.1 Å². The quantitative estimate of drug-likeness (QED) is 0.217. The predicted octanol–water partition coefficient (Wildman–Crippen LogP) is 3.98. The van der Waals surface area contributed by atoms with E-state index in [2.05, 4.69) is 15.7 Å². The number of piperidine rings is 1. The Morgan fingerprint density at radius 1 is 1.10 bits per heavy atom. The van der Waals surface area contributed by atoms with Crippen LogP contribution in [0.25, 0.3) is 10.9 Å². The van der Waals surface area contributed by atoms with Crippen molar-refractivity contribution in [3.63, 3.8) is 0 Å². The van der Waals surface area contributed by atoms with Crippen molar-refractivity contribution in [1.82, 2.24) is 14.6 Å². The maximum Gasteiger partial charge on any atom is 0.256 e. The molecular formula is C31H35N5O6. The molecule has 42 heavy (non-hydrogen) atoms. The van der Waals surface area contributed by atoms with Gasteiger partial charge in [-0.05, 0) is 48.2 Å². The smallest absolute Gasteiger partial charge is 0.256 e.